The molecule has 1 fully saturated rings. The molecule has 1 amide bonds. The van der Waals surface area contributed by atoms with E-state index in [4.69, 9.17) is 12.2 Å². The van der Waals surface area contributed by atoms with Gasteiger partial charge in [-0.1, -0.05) is 26.2 Å². The Balaban J connectivity index is 2.12. The molecule has 0 aliphatic heterocycles. The Labute approximate surface area is 139 Å². The monoisotopic (exact) mass is 338 g/mol. The van der Waals surface area contributed by atoms with Crippen molar-refractivity contribution < 1.29 is 9.90 Å². The number of nitrogens with one attached hydrogen (secondary N) is 2. The molecule has 126 valence electrons. The normalized spacial score (nSPS) is 15.9. The number of hydrogen-bond acceptors (Lipinski definition) is 5. The first-order valence-electron chi connectivity index (χ1n) is 7.93. The number of rotatable bonds is 5. The van der Waals surface area contributed by atoms with Crippen molar-refractivity contribution in [2.45, 2.75) is 52.0 Å². The van der Waals surface area contributed by atoms with Gasteiger partial charge in [0.2, 0.25) is 11.8 Å². The maximum atomic E-state index is 12.0. The summed E-state index contributed by atoms with van der Waals surface area (Å²) < 4.78 is 1.60. The fourth-order valence-electron chi connectivity index (χ4n) is 2.74. The number of aromatic nitrogens is 2. The lowest BCUT2D eigenvalue weighted by atomic mass is 9.89. The van der Waals surface area contributed by atoms with Crippen LogP contribution in [0, 0.1) is 10.7 Å². The van der Waals surface area contributed by atoms with Gasteiger partial charge in [0.1, 0.15) is 5.56 Å². The molecule has 1 aliphatic carbocycles. The highest BCUT2D eigenvalue weighted by Gasteiger charge is 2.20. The minimum Gasteiger partial charge on any atom is -0.494 e. The summed E-state index contributed by atoms with van der Waals surface area (Å²) in [5.74, 6) is -0.401. The van der Waals surface area contributed by atoms with Crippen LogP contribution in [0.15, 0.2) is 9.90 Å². The van der Waals surface area contributed by atoms with E-state index in [2.05, 4.69) is 15.5 Å². The second kappa shape index (κ2) is 8.05. The van der Waals surface area contributed by atoms with Crippen LogP contribution in [0.1, 0.15) is 51.0 Å². The highest BCUT2D eigenvalue weighted by atomic mass is 32.1. The Morgan fingerprint density at radius 3 is 2.83 bits per heavy atom. The summed E-state index contributed by atoms with van der Waals surface area (Å²) in [7, 11) is 0. The minimum atomic E-state index is -0.532. The van der Waals surface area contributed by atoms with Gasteiger partial charge >= 0.3 is 0 Å². The summed E-state index contributed by atoms with van der Waals surface area (Å²) in [5.41, 5.74) is 1.90. The summed E-state index contributed by atoms with van der Waals surface area (Å²) in [6, 6.07) is 0. The molecule has 1 aliphatic rings. The van der Waals surface area contributed by atoms with Gasteiger partial charge in [0.25, 0.3) is 5.56 Å². The van der Waals surface area contributed by atoms with Gasteiger partial charge in [0.05, 0.1) is 6.21 Å². The van der Waals surface area contributed by atoms with Crippen molar-refractivity contribution in [3.05, 3.63) is 20.7 Å². The molecule has 0 atom stereocenters. The molecule has 3 N–H and O–H groups in total. The summed E-state index contributed by atoms with van der Waals surface area (Å²) >= 11 is 5.02. The predicted molar refractivity (Wildman–Crippen MR) is 90.2 cm³/mol. The van der Waals surface area contributed by atoms with Crippen LogP contribution in [-0.4, -0.2) is 26.8 Å². The summed E-state index contributed by atoms with van der Waals surface area (Å²) in [6.45, 7) is 2.42. The van der Waals surface area contributed by atoms with E-state index in [-0.39, 0.29) is 28.0 Å². The fraction of sp³-hybridized carbons (Fsp3) is 0.600. The van der Waals surface area contributed by atoms with E-state index in [1.165, 1.54) is 11.0 Å². The molecule has 1 aromatic rings. The number of aromatic amines is 1. The quantitative estimate of drug-likeness (QED) is 0.435. The van der Waals surface area contributed by atoms with E-state index in [9.17, 15) is 14.7 Å². The van der Waals surface area contributed by atoms with Crippen LogP contribution < -0.4 is 11.0 Å². The number of nitrogens with zero attached hydrogens (tertiary/aromatic N) is 2. The lowest BCUT2D eigenvalue weighted by Gasteiger charge is -2.19. The summed E-state index contributed by atoms with van der Waals surface area (Å²) in [5, 5.41) is 14.0. The Kier molecular flexibility index (Phi) is 6.09. The lowest BCUT2D eigenvalue weighted by Crippen LogP contribution is -2.28. The molecule has 7 nitrogen and oxygen atoms in total. The van der Waals surface area contributed by atoms with Crippen molar-refractivity contribution in [2.75, 3.05) is 0 Å². The first-order chi connectivity index (χ1) is 11.0. The van der Waals surface area contributed by atoms with Gasteiger partial charge in [0.15, 0.2) is 4.77 Å². The van der Waals surface area contributed by atoms with Crippen LogP contribution in [0.2, 0.25) is 0 Å². The Morgan fingerprint density at radius 2 is 2.17 bits per heavy atom. The lowest BCUT2D eigenvalue weighted by molar-refractivity contribution is -0.125. The van der Waals surface area contributed by atoms with E-state index < -0.39 is 5.56 Å². The number of aromatic hydroxyl groups is 1. The predicted octanol–water partition coefficient (Wildman–Crippen LogP) is 2.05. The van der Waals surface area contributed by atoms with Gasteiger partial charge in [-0.25, -0.2) is 5.43 Å². The molecule has 23 heavy (non-hydrogen) atoms. The van der Waals surface area contributed by atoms with Crippen LogP contribution in [0.5, 0.6) is 5.88 Å². The van der Waals surface area contributed by atoms with E-state index >= 15 is 0 Å². The maximum absolute atomic E-state index is 12.0. The van der Waals surface area contributed by atoms with Crippen LogP contribution in [0.3, 0.4) is 0 Å². The molecule has 0 spiro atoms. The van der Waals surface area contributed by atoms with Crippen molar-refractivity contribution >= 4 is 24.3 Å². The number of hydrogen-bond donors (Lipinski definition) is 3. The van der Waals surface area contributed by atoms with E-state index in [1.807, 2.05) is 6.92 Å². The van der Waals surface area contributed by atoms with Crippen molar-refractivity contribution in [3.63, 3.8) is 0 Å². The van der Waals surface area contributed by atoms with Gasteiger partial charge in [-0.2, -0.15) is 5.10 Å². The molecule has 1 saturated carbocycles. The molecule has 0 radical (unpaired) electrons. The molecule has 1 aromatic heterocycles. The van der Waals surface area contributed by atoms with Crippen molar-refractivity contribution in [1.82, 2.24) is 15.0 Å². The van der Waals surface area contributed by atoms with E-state index in [0.29, 0.717) is 6.54 Å². The highest BCUT2D eigenvalue weighted by Crippen LogP contribution is 2.23. The molecule has 0 unspecified atom stereocenters. The third-order valence-electron chi connectivity index (χ3n) is 4.00. The number of hydrazone groups is 1. The smallest absolute Gasteiger partial charge is 0.264 e. The molecule has 0 bridgehead atoms. The third kappa shape index (κ3) is 4.28. The second-order valence-corrected chi connectivity index (χ2v) is 6.10. The van der Waals surface area contributed by atoms with Crippen molar-refractivity contribution in [2.24, 2.45) is 11.0 Å². The Hall–Kier alpha value is -1.96. The van der Waals surface area contributed by atoms with Crippen LogP contribution in [0.25, 0.3) is 0 Å². The average molecular weight is 338 g/mol. The maximum Gasteiger partial charge on any atom is 0.264 e. The number of carbonyl (C=O) groups excluding carboxylic acids is 1. The second-order valence-electron chi connectivity index (χ2n) is 5.72. The number of H-pyrrole nitrogens is 1. The molecular formula is C15H22N4O3S. The average Bonchev–Trinajstić information content (AvgIpc) is 2.55. The molecule has 2 rings (SSSR count). The van der Waals surface area contributed by atoms with Crippen LogP contribution in [-0.2, 0) is 11.3 Å². The number of amides is 1. The van der Waals surface area contributed by atoms with Gasteiger partial charge < -0.3 is 5.11 Å². The Morgan fingerprint density at radius 1 is 1.48 bits per heavy atom. The number of carbonyl (C=O) groups is 1. The van der Waals surface area contributed by atoms with Gasteiger partial charge in [0, 0.05) is 12.5 Å². The van der Waals surface area contributed by atoms with Crippen molar-refractivity contribution in [3.8, 4) is 5.88 Å². The zero-order valence-corrected chi connectivity index (χ0v) is 14.0. The molecule has 0 saturated heterocycles. The standard InChI is InChI=1S/C15H22N4O3S/c1-2-8-19-14(22)11(13(21)17-15(19)23)9-16-18-12(20)10-6-4-3-5-7-10/h9-10,22H,2-8H2,1H3,(H,18,20)(H,17,21,23)/b16-9+. The minimum absolute atomic E-state index is 0.0176. The largest absolute Gasteiger partial charge is 0.494 e. The first-order valence-corrected chi connectivity index (χ1v) is 8.34. The van der Waals surface area contributed by atoms with E-state index in [1.54, 1.807) is 0 Å². The van der Waals surface area contributed by atoms with Gasteiger partial charge in [-0.05, 0) is 31.5 Å². The molecule has 1 heterocycles. The summed E-state index contributed by atoms with van der Waals surface area (Å²) in [6.07, 6.45) is 6.93. The fourth-order valence-corrected chi connectivity index (χ4v) is 3.01. The molecule has 8 heteroatoms. The zero-order valence-electron chi connectivity index (χ0n) is 13.2. The SMILES string of the molecule is CCCn1c(O)c(/C=N/NC(=O)C2CCCCC2)c(=O)[nH]c1=S. The molecular weight excluding hydrogens is 316 g/mol. The van der Waals surface area contributed by atoms with Crippen LogP contribution >= 0.6 is 12.2 Å². The first kappa shape index (κ1) is 17.4. The Bertz CT molecular complexity index is 702. The summed E-state index contributed by atoms with van der Waals surface area (Å²) in [4.78, 5) is 26.4. The van der Waals surface area contributed by atoms with Crippen LogP contribution in [0.4, 0.5) is 0 Å². The zero-order chi connectivity index (χ0) is 16.8. The third-order valence-corrected chi connectivity index (χ3v) is 4.32. The topological polar surface area (TPSA) is 99.5 Å². The molecule has 0 aromatic carbocycles. The highest BCUT2D eigenvalue weighted by molar-refractivity contribution is 7.71. The van der Waals surface area contributed by atoms with Crippen molar-refractivity contribution in [1.29, 1.82) is 0 Å². The van der Waals surface area contributed by atoms with Gasteiger partial charge in [-0.3, -0.25) is 19.1 Å². The van der Waals surface area contributed by atoms with Gasteiger partial charge in [-0.15, -0.1) is 0 Å². The van der Waals surface area contributed by atoms with E-state index in [0.717, 1.165) is 38.3 Å².